The van der Waals surface area contributed by atoms with Gasteiger partial charge in [0.2, 0.25) is 0 Å². The number of hydrogen-bond donors (Lipinski definition) is 7. The van der Waals surface area contributed by atoms with Gasteiger partial charge in [-0.2, -0.15) is 5.48 Å². The summed E-state index contributed by atoms with van der Waals surface area (Å²) in [6, 6.07) is 6.68. The Bertz CT molecular complexity index is 569. The zero-order valence-electron chi connectivity index (χ0n) is 14.1. The monoisotopic (exact) mass is 371 g/mol. The van der Waals surface area contributed by atoms with Gasteiger partial charge in [0.05, 0.1) is 13.2 Å². The van der Waals surface area contributed by atoms with Crippen molar-refractivity contribution in [3.63, 3.8) is 0 Å². The fraction of sp³-hybridized carbons (Fsp3) is 0.562. The Morgan fingerprint density at radius 1 is 1.15 bits per heavy atom. The third-order valence-corrected chi connectivity index (χ3v) is 3.98. The summed E-state index contributed by atoms with van der Waals surface area (Å²) in [6.45, 7) is 0.338. The second-order valence-corrected chi connectivity index (χ2v) is 5.90. The first-order valence-electron chi connectivity index (χ1n) is 8.23. The Balaban J connectivity index is 1.82. The standard InChI is InChI=1S/C16H25N3O7/c17-5-6-18-15(24)10-3-1-9(2-4-10)8-25-19-16-14(23)13(22)12(21)11(7-20)26-16/h1-4,11-14,16,19-23H,5-8,17H2,(H,18,24)/t11-,12-,13+,14-,16-/m1/s1. The highest BCUT2D eigenvalue weighted by molar-refractivity contribution is 5.94. The lowest BCUT2D eigenvalue weighted by atomic mass is 9.99. The lowest BCUT2D eigenvalue weighted by Gasteiger charge is -2.39. The lowest BCUT2D eigenvalue weighted by Crippen LogP contribution is -2.62. The average molecular weight is 371 g/mol. The Morgan fingerprint density at radius 2 is 1.85 bits per heavy atom. The minimum absolute atomic E-state index is 0.0969. The number of aliphatic hydroxyl groups excluding tert-OH is 4. The molecule has 0 aromatic heterocycles. The molecule has 26 heavy (non-hydrogen) atoms. The molecule has 146 valence electrons. The number of amides is 1. The molecule has 1 aliphatic rings. The Kier molecular flexibility index (Phi) is 7.87. The third-order valence-electron chi connectivity index (χ3n) is 3.98. The maximum Gasteiger partial charge on any atom is 0.251 e. The van der Waals surface area contributed by atoms with E-state index >= 15 is 0 Å². The summed E-state index contributed by atoms with van der Waals surface area (Å²) in [5, 5.41) is 41.1. The number of benzene rings is 1. The molecule has 0 unspecified atom stereocenters. The molecule has 0 aliphatic carbocycles. The Morgan fingerprint density at radius 3 is 2.46 bits per heavy atom. The number of nitrogens with two attached hydrogens (primary N) is 1. The summed E-state index contributed by atoms with van der Waals surface area (Å²) in [5.74, 6) is -0.220. The van der Waals surface area contributed by atoms with Crippen LogP contribution in [0.15, 0.2) is 24.3 Å². The van der Waals surface area contributed by atoms with Gasteiger partial charge in [-0.05, 0) is 17.7 Å². The maximum atomic E-state index is 11.8. The van der Waals surface area contributed by atoms with Crippen LogP contribution < -0.4 is 16.5 Å². The van der Waals surface area contributed by atoms with E-state index in [1.165, 1.54) is 0 Å². The van der Waals surface area contributed by atoms with Crippen LogP contribution in [0.3, 0.4) is 0 Å². The largest absolute Gasteiger partial charge is 0.394 e. The van der Waals surface area contributed by atoms with Crippen molar-refractivity contribution in [1.29, 1.82) is 0 Å². The van der Waals surface area contributed by atoms with Gasteiger partial charge >= 0.3 is 0 Å². The van der Waals surface area contributed by atoms with Gasteiger partial charge in [0, 0.05) is 18.7 Å². The van der Waals surface area contributed by atoms with E-state index in [9.17, 15) is 20.1 Å². The molecule has 0 bridgehead atoms. The van der Waals surface area contributed by atoms with Gasteiger partial charge in [0.15, 0.2) is 6.23 Å². The average Bonchev–Trinajstić information content (AvgIpc) is 2.66. The molecule has 5 atom stereocenters. The van der Waals surface area contributed by atoms with Crippen molar-refractivity contribution >= 4 is 5.91 Å². The van der Waals surface area contributed by atoms with Crippen LogP contribution in [0, 0.1) is 0 Å². The number of hydroxylamine groups is 1. The van der Waals surface area contributed by atoms with E-state index in [0.29, 0.717) is 18.7 Å². The topological polar surface area (TPSA) is 167 Å². The number of rotatable bonds is 8. The van der Waals surface area contributed by atoms with E-state index in [2.05, 4.69) is 10.8 Å². The van der Waals surface area contributed by atoms with Crippen LogP contribution in [0.4, 0.5) is 0 Å². The summed E-state index contributed by atoms with van der Waals surface area (Å²) in [4.78, 5) is 17.0. The zero-order valence-corrected chi connectivity index (χ0v) is 14.1. The smallest absolute Gasteiger partial charge is 0.251 e. The number of hydrogen-bond acceptors (Lipinski definition) is 9. The molecule has 1 saturated heterocycles. The van der Waals surface area contributed by atoms with Crippen molar-refractivity contribution in [2.45, 2.75) is 37.3 Å². The summed E-state index contributed by atoms with van der Waals surface area (Å²) < 4.78 is 5.25. The van der Waals surface area contributed by atoms with Gasteiger partial charge in [-0.25, -0.2) is 0 Å². The lowest BCUT2D eigenvalue weighted by molar-refractivity contribution is -0.262. The quantitative estimate of drug-likeness (QED) is 0.239. The van der Waals surface area contributed by atoms with Crippen LogP contribution in [-0.2, 0) is 16.2 Å². The van der Waals surface area contributed by atoms with Crippen molar-refractivity contribution in [2.75, 3.05) is 19.7 Å². The van der Waals surface area contributed by atoms with Crippen LogP contribution >= 0.6 is 0 Å². The van der Waals surface area contributed by atoms with Crippen LogP contribution in [0.1, 0.15) is 15.9 Å². The molecule has 1 heterocycles. The molecule has 0 radical (unpaired) electrons. The number of carbonyl (C=O) groups is 1. The van der Waals surface area contributed by atoms with E-state index in [1.807, 2.05) is 0 Å². The van der Waals surface area contributed by atoms with Crippen molar-refractivity contribution in [1.82, 2.24) is 10.8 Å². The Hall–Kier alpha value is -1.63. The van der Waals surface area contributed by atoms with E-state index < -0.39 is 37.3 Å². The summed E-state index contributed by atoms with van der Waals surface area (Å²) in [5.41, 5.74) is 9.02. The summed E-state index contributed by atoms with van der Waals surface area (Å²) >= 11 is 0. The normalized spacial score (nSPS) is 28.7. The molecule has 8 N–H and O–H groups in total. The fourth-order valence-corrected chi connectivity index (χ4v) is 2.45. The SMILES string of the molecule is NCCNC(=O)c1ccc(CON[C@@H]2O[C@H](CO)[C@@H](O)[C@H](O)[C@H]2O)cc1. The first-order valence-corrected chi connectivity index (χ1v) is 8.23. The molecule has 10 heteroatoms. The zero-order chi connectivity index (χ0) is 19.1. The Labute approximate surface area is 150 Å². The maximum absolute atomic E-state index is 11.8. The molecular weight excluding hydrogens is 346 g/mol. The van der Waals surface area contributed by atoms with Gasteiger partial charge in [-0.1, -0.05) is 12.1 Å². The van der Waals surface area contributed by atoms with Gasteiger partial charge in [0.1, 0.15) is 24.4 Å². The molecule has 1 aromatic rings. The van der Waals surface area contributed by atoms with E-state index in [1.54, 1.807) is 24.3 Å². The predicted octanol–water partition coefficient (Wildman–Crippen LogP) is -2.80. The molecule has 1 aromatic carbocycles. The molecule has 1 fully saturated rings. The predicted molar refractivity (Wildman–Crippen MR) is 89.5 cm³/mol. The summed E-state index contributed by atoms with van der Waals surface area (Å²) in [6.07, 6.45) is -6.46. The molecular formula is C16H25N3O7. The van der Waals surface area contributed by atoms with Gasteiger partial charge in [0.25, 0.3) is 5.91 Å². The van der Waals surface area contributed by atoms with Crippen LogP contribution in [0.5, 0.6) is 0 Å². The second-order valence-electron chi connectivity index (χ2n) is 5.90. The van der Waals surface area contributed by atoms with E-state index in [-0.39, 0.29) is 12.5 Å². The van der Waals surface area contributed by atoms with Crippen molar-refractivity contribution in [3.05, 3.63) is 35.4 Å². The van der Waals surface area contributed by atoms with Crippen molar-refractivity contribution < 1.29 is 34.8 Å². The number of aliphatic hydroxyl groups is 4. The molecule has 1 amide bonds. The van der Waals surface area contributed by atoms with Crippen molar-refractivity contribution in [2.24, 2.45) is 5.73 Å². The van der Waals surface area contributed by atoms with Crippen molar-refractivity contribution in [3.8, 4) is 0 Å². The van der Waals surface area contributed by atoms with Crippen LogP contribution in [0.2, 0.25) is 0 Å². The molecule has 0 saturated carbocycles. The highest BCUT2D eigenvalue weighted by atomic mass is 16.7. The number of ether oxygens (including phenoxy) is 1. The molecule has 0 spiro atoms. The minimum Gasteiger partial charge on any atom is -0.394 e. The third kappa shape index (κ3) is 5.19. The highest BCUT2D eigenvalue weighted by Crippen LogP contribution is 2.19. The van der Waals surface area contributed by atoms with E-state index in [4.69, 9.17) is 20.4 Å². The molecule has 10 nitrogen and oxygen atoms in total. The van der Waals surface area contributed by atoms with Gasteiger partial charge in [-0.15, -0.1) is 0 Å². The van der Waals surface area contributed by atoms with Gasteiger partial charge < -0.3 is 36.2 Å². The van der Waals surface area contributed by atoms with Crippen LogP contribution in [-0.4, -0.2) is 76.7 Å². The minimum atomic E-state index is -1.48. The molecule has 1 aliphatic heterocycles. The molecule has 2 rings (SSSR count). The first kappa shape index (κ1) is 20.7. The van der Waals surface area contributed by atoms with Crippen LogP contribution in [0.25, 0.3) is 0 Å². The van der Waals surface area contributed by atoms with E-state index in [0.717, 1.165) is 5.56 Å². The number of carbonyl (C=O) groups excluding carboxylic acids is 1. The second kappa shape index (κ2) is 9.90. The first-order chi connectivity index (χ1) is 12.5. The fourth-order valence-electron chi connectivity index (χ4n) is 2.45. The van der Waals surface area contributed by atoms with Gasteiger partial charge in [-0.3, -0.25) is 9.63 Å². The number of nitrogens with one attached hydrogen (secondary N) is 2. The summed E-state index contributed by atoms with van der Waals surface area (Å²) in [7, 11) is 0. The highest BCUT2D eigenvalue weighted by Gasteiger charge is 2.43.